The molecule has 0 spiro atoms. The van der Waals surface area contributed by atoms with E-state index < -0.39 is 11.2 Å². The van der Waals surface area contributed by atoms with Gasteiger partial charge in [0.15, 0.2) is 11.5 Å². The van der Waals surface area contributed by atoms with Crippen molar-refractivity contribution in [3.05, 3.63) is 58.6 Å². The molecule has 0 aliphatic heterocycles. The van der Waals surface area contributed by atoms with E-state index in [1.807, 2.05) is 6.92 Å². The molecule has 2 aromatic carbocycles. The zero-order chi connectivity index (χ0) is 19.7. The largest absolute Gasteiger partial charge is 0.493 e. The number of nitrogens with zero attached hydrogens (tertiary/aromatic N) is 2. The molecule has 0 bridgehead atoms. The van der Waals surface area contributed by atoms with Gasteiger partial charge in [-0.15, -0.1) is 0 Å². The number of rotatable bonds is 5. The highest BCUT2D eigenvalue weighted by atomic mass is 19.1. The quantitative estimate of drug-likeness (QED) is 0.566. The summed E-state index contributed by atoms with van der Waals surface area (Å²) >= 11 is 0. The van der Waals surface area contributed by atoms with E-state index >= 15 is 0 Å². The summed E-state index contributed by atoms with van der Waals surface area (Å²) in [7, 11) is 1.54. The summed E-state index contributed by atoms with van der Waals surface area (Å²) in [6, 6.07) is 9.19. The van der Waals surface area contributed by atoms with Crippen LogP contribution in [-0.4, -0.2) is 28.8 Å². The molecule has 4 rings (SSSR count). The van der Waals surface area contributed by atoms with Gasteiger partial charge in [0, 0.05) is 22.7 Å². The van der Waals surface area contributed by atoms with Gasteiger partial charge < -0.3 is 19.0 Å². The average Bonchev–Trinajstić information content (AvgIpc) is 3.19. The number of hydrogen-bond donors (Lipinski definition) is 1. The number of aromatic amines is 1. The van der Waals surface area contributed by atoms with Gasteiger partial charge in [-0.25, -0.2) is 4.39 Å². The van der Waals surface area contributed by atoms with Crippen LogP contribution in [-0.2, 0) is 0 Å². The second-order valence-electron chi connectivity index (χ2n) is 5.94. The van der Waals surface area contributed by atoms with E-state index in [9.17, 15) is 9.18 Å². The first-order chi connectivity index (χ1) is 13.6. The van der Waals surface area contributed by atoms with E-state index in [1.54, 1.807) is 18.2 Å². The van der Waals surface area contributed by atoms with Gasteiger partial charge in [-0.05, 0) is 43.3 Å². The maximum atomic E-state index is 13.5. The fraction of sp³-hybridized carbons (Fsp3) is 0.150. The molecule has 0 fully saturated rings. The first-order valence-electron chi connectivity index (χ1n) is 8.57. The van der Waals surface area contributed by atoms with Crippen LogP contribution in [0.15, 0.2) is 51.9 Å². The van der Waals surface area contributed by atoms with Gasteiger partial charge in [0.2, 0.25) is 11.3 Å². The summed E-state index contributed by atoms with van der Waals surface area (Å²) in [4.78, 5) is 19.9. The number of halogens is 1. The van der Waals surface area contributed by atoms with Crippen LogP contribution in [0.5, 0.6) is 11.5 Å². The minimum Gasteiger partial charge on any atom is -0.493 e. The molecule has 7 nitrogen and oxygen atoms in total. The van der Waals surface area contributed by atoms with Crippen molar-refractivity contribution in [1.82, 2.24) is 15.1 Å². The molecule has 0 aliphatic carbocycles. The standard InChI is InChI=1S/C20H16FN3O4/c1-3-27-16-7-4-11(8-17(16)26-2)19-23-20(28-24-19)14-10-22-15-6-5-12(21)9-13(15)18(14)25/h4-10H,3H2,1-2H3,(H,22,25). The van der Waals surface area contributed by atoms with Crippen LogP contribution in [0, 0.1) is 5.82 Å². The lowest BCUT2D eigenvalue weighted by atomic mass is 10.1. The molecular formula is C20H16FN3O4. The van der Waals surface area contributed by atoms with Crippen LogP contribution >= 0.6 is 0 Å². The summed E-state index contributed by atoms with van der Waals surface area (Å²) < 4.78 is 29.6. The third-order valence-electron chi connectivity index (χ3n) is 4.22. The van der Waals surface area contributed by atoms with E-state index in [0.29, 0.717) is 29.2 Å². The third-order valence-corrected chi connectivity index (χ3v) is 4.22. The van der Waals surface area contributed by atoms with E-state index in [4.69, 9.17) is 14.0 Å². The van der Waals surface area contributed by atoms with Crippen molar-refractivity contribution in [2.75, 3.05) is 13.7 Å². The smallest absolute Gasteiger partial charge is 0.263 e. The lowest BCUT2D eigenvalue weighted by Gasteiger charge is -2.09. The summed E-state index contributed by atoms with van der Waals surface area (Å²) in [5.41, 5.74) is 0.923. The van der Waals surface area contributed by atoms with Crippen molar-refractivity contribution in [3.63, 3.8) is 0 Å². The third kappa shape index (κ3) is 3.09. The highest BCUT2D eigenvalue weighted by Crippen LogP contribution is 2.32. The number of hydrogen-bond acceptors (Lipinski definition) is 6. The number of fused-ring (bicyclic) bond motifs is 1. The average molecular weight is 381 g/mol. The van der Waals surface area contributed by atoms with Gasteiger partial charge in [0.25, 0.3) is 5.89 Å². The number of pyridine rings is 1. The highest BCUT2D eigenvalue weighted by molar-refractivity contribution is 5.82. The molecule has 28 heavy (non-hydrogen) atoms. The Hall–Kier alpha value is -3.68. The number of benzene rings is 2. The molecule has 1 N–H and O–H groups in total. The van der Waals surface area contributed by atoms with Crippen LogP contribution in [0.2, 0.25) is 0 Å². The molecule has 2 heterocycles. The number of aromatic nitrogens is 3. The Balaban J connectivity index is 1.75. The Morgan fingerprint density at radius 1 is 1.18 bits per heavy atom. The number of H-pyrrole nitrogens is 1. The fourth-order valence-electron chi connectivity index (χ4n) is 2.88. The molecule has 0 saturated carbocycles. The molecule has 0 aliphatic rings. The molecule has 0 radical (unpaired) electrons. The SMILES string of the molecule is CCOc1ccc(-c2noc(-c3c[nH]c4ccc(F)cc4c3=O)n2)cc1OC. The first-order valence-corrected chi connectivity index (χ1v) is 8.57. The molecule has 0 unspecified atom stereocenters. The first kappa shape index (κ1) is 17.7. The summed E-state index contributed by atoms with van der Waals surface area (Å²) in [5, 5.41) is 4.15. The normalized spacial score (nSPS) is 11.0. The van der Waals surface area contributed by atoms with Crippen molar-refractivity contribution in [2.45, 2.75) is 6.92 Å². The van der Waals surface area contributed by atoms with Gasteiger partial charge >= 0.3 is 0 Å². The predicted molar refractivity (Wildman–Crippen MR) is 101 cm³/mol. The van der Waals surface area contributed by atoms with Gasteiger partial charge in [-0.2, -0.15) is 4.98 Å². The lowest BCUT2D eigenvalue weighted by molar-refractivity contribution is 0.311. The molecule has 8 heteroatoms. The van der Waals surface area contributed by atoms with Crippen molar-refractivity contribution in [2.24, 2.45) is 0 Å². The van der Waals surface area contributed by atoms with Gasteiger partial charge in [0.1, 0.15) is 11.4 Å². The lowest BCUT2D eigenvalue weighted by Crippen LogP contribution is -2.06. The van der Waals surface area contributed by atoms with Gasteiger partial charge in [-0.3, -0.25) is 4.79 Å². The summed E-state index contributed by atoms with van der Waals surface area (Å²) in [6.45, 7) is 2.39. The van der Waals surface area contributed by atoms with Crippen molar-refractivity contribution in [3.8, 4) is 34.3 Å². The van der Waals surface area contributed by atoms with Crippen LogP contribution < -0.4 is 14.9 Å². The minimum atomic E-state index is -0.497. The highest BCUT2D eigenvalue weighted by Gasteiger charge is 2.17. The Bertz CT molecular complexity index is 1220. The van der Waals surface area contributed by atoms with Gasteiger partial charge in [0.05, 0.1) is 13.7 Å². The second-order valence-corrected chi connectivity index (χ2v) is 5.94. The Morgan fingerprint density at radius 2 is 2.04 bits per heavy atom. The van der Waals surface area contributed by atoms with Gasteiger partial charge in [-0.1, -0.05) is 5.16 Å². The van der Waals surface area contributed by atoms with Crippen LogP contribution in [0.4, 0.5) is 4.39 Å². The number of methoxy groups -OCH3 is 1. The predicted octanol–water partition coefficient (Wildman–Crippen LogP) is 3.79. The molecule has 0 atom stereocenters. The molecule has 142 valence electrons. The monoisotopic (exact) mass is 381 g/mol. The number of ether oxygens (including phenoxy) is 2. The van der Waals surface area contributed by atoms with Crippen LogP contribution in [0.25, 0.3) is 33.7 Å². The van der Waals surface area contributed by atoms with E-state index in [1.165, 1.54) is 31.5 Å². The summed E-state index contributed by atoms with van der Waals surface area (Å²) in [6.07, 6.45) is 1.47. The zero-order valence-corrected chi connectivity index (χ0v) is 15.2. The van der Waals surface area contributed by atoms with Crippen molar-refractivity contribution < 1.29 is 18.4 Å². The van der Waals surface area contributed by atoms with Crippen molar-refractivity contribution >= 4 is 10.9 Å². The maximum Gasteiger partial charge on any atom is 0.263 e. The van der Waals surface area contributed by atoms with Crippen LogP contribution in [0.1, 0.15) is 6.92 Å². The molecule has 2 aromatic heterocycles. The van der Waals surface area contributed by atoms with E-state index in [0.717, 1.165) is 0 Å². The Morgan fingerprint density at radius 3 is 2.82 bits per heavy atom. The maximum absolute atomic E-state index is 13.5. The summed E-state index contributed by atoms with van der Waals surface area (Å²) in [5.74, 6) is 0.961. The van der Waals surface area contributed by atoms with E-state index in [2.05, 4.69) is 15.1 Å². The van der Waals surface area contributed by atoms with E-state index in [-0.39, 0.29) is 22.7 Å². The Kier molecular flexibility index (Phi) is 4.52. The zero-order valence-electron chi connectivity index (χ0n) is 15.2. The Labute approximate surface area is 158 Å². The fourth-order valence-corrected chi connectivity index (χ4v) is 2.88. The minimum absolute atomic E-state index is 0.0373. The van der Waals surface area contributed by atoms with Crippen molar-refractivity contribution in [1.29, 1.82) is 0 Å². The van der Waals surface area contributed by atoms with Crippen LogP contribution in [0.3, 0.4) is 0 Å². The number of nitrogens with one attached hydrogen (secondary N) is 1. The molecule has 4 aromatic rings. The topological polar surface area (TPSA) is 90.2 Å². The second kappa shape index (κ2) is 7.15. The molecular weight excluding hydrogens is 365 g/mol. The molecule has 0 saturated heterocycles. The molecule has 0 amide bonds.